The van der Waals surface area contributed by atoms with E-state index in [1.165, 1.54) is 25.7 Å². The van der Waals surface area contributed by atoms with E-state index in [-0.39, 0.29) is 24.0 Å². The van der Waals surface area contributed by atoms with Gasteiger partial charge in [0.15, 0.2) is 0 Å². The molecule has 0 radical (unpaired) electrons. The summed E-state index contributed by atoms with van der Waals surface area (Å²) in [6, 6.07) is 0.241. The molecule has 3 aliphatic rings. The Morgan fingerprint density at radius 1 is 1.30 bits per heavy atom. The molecule has 7 heteroatoms. The lowest BCUT2D eigenvalue weighted by Crippen LogP contribution is -2.59. The minimum absolute atomic E-state index is 0.0620. The molecule has 0 aliphatic heterocycles. The highest BCUT2D eigenvalue weighted by Gasteiger charge is 2.62. The summed E-state index contributed by atoms with van der Waals surface area (Å²) in [4.78, 5) is 25.7. The zero-order valence-corrected chi connectivity index (χ0v) is 21.0. The van der Waals surface area contributed by atoms with Crippen LogP contribution in [0.4, 0.5) is 0 Å². The van der Waals surface area contributed by atoms with Gasteiger partial charge in [0.25, 0.3) is 5.91 Å². The van der Waals surface area contributed by atoms with Gasteiger partial charge in [-0.25, -0.2) is 4.68 Å². The van der Waals surface area contributed by atoms with E-state index in [1.54, 1.807) is 23.2 Å². The lowest BCUT2D eigenvalue weighted by Gasteiger charge is -2.55. The molecule has 0 aromatic carbocycles. The van der Waals surface area contributed by atoms with Gasteiger partial charge in [-0.1, -0.05) is 13.0 Å². The van der Waals surface area contributed by atoms with Crippen LogP contribution in [-0.2, 0) is 4.79 Å². The van der Waals surface area contributed by atoms with Crippen LogP contribution in [0.5, 0.6) is 5.88 Å². The van der Waals surface area contributed by atoms with Crippen LogP contribution in [0.2, 0.25) is 0 Å². The molecule has 3 aliphatic carbocycles. The molecule has 5 atom stereocenters. The molecule has 4 rings (SSSR count). The molecule has 2 N–H and O–H groups in total. The van der Waals surface area contributed by atoms with Crippen molar-refractivity contribution in [3.8, 4) is 5.88 Å². The van der Waals surface area contributed by atoms with Crippen LogP contribution in [0.1, 0.15) is 84.0 Å². The van der Waals surface area contributed by atoms with E-state index < -0.39 is 5.41 Å². The standard InChI is InChI=1S/C26H40N4O3/c1-7-27-24(32)25(5,6)8-9-30-23(33-16(2)3)20(15-28-30)22(31)29-21-12-19-11-18-10-17(4)13-26(19,21)14-18/h8-9,15-19,21H,7,10-14H2,1-6H3,(H,27,32)(H,29,31)/b9-8+. The zero-order valence-electron chi connectivity index (χ0n) is 21.0. The Hall–Kier alpha value is -2.31. The van der Waals surface area contributed by atoms with Crippen molar-refractivity contribution >= 4 is 18.0 Å². The molecule has 3 fully saturated rings. The first-order valence-electron chi connectivity index (χ1n) is 12.6. The van der Waals surface area contributed by atoms with Crippen LogP contribution in [-0.4, -0.2) is 40.3 Å². The van der Waals surface area contributed by atoms with E-state index in [0.29, 0.717) is 23.4 Å². The second-order valence-corrected chi connectivity index (χ2v) is 11.4. The quantitative estimate of drug-likeness (QED) is 0.612. The number of carbonyl (C=O) groups excluding carboxylic acids is 2. The van der Waals surface area contributed by atoms with Gasteiger partial charge >= 0.3 is 0 Å². The third kappa shape index (κ3) is 4.43. The molecule has 5 unspecified atom stereocenters. The molecule has 182 valence electrons. The van der Waals surface area contributed by atoms with Gasteiger partial charge in [0, 0.05) is 18.8 Å². The normalized spacial score (nSPS) is 30.8. The Labute approximate surface area is 197 Å². The number of aromatic nitrogens is 2. The summed E-state index contributed by atoms with van der Waals surface area (Å²) in [5, 5.41) is 10.6. The Bertz CT molecular complexity index is 934. The zero-order chi connectivity index (χ0) is 24.0. The number of amides is 2. The van der Waals surface area contributed by atoms with Gasteiger partial charge in [0.1, 0.15) is 5.56 Å². The van der Waals surface area contributed by atoms with Gasteiger partial charge in [-0.3, -0.25) is 9.59 Å². The number of carbonyl (C=O) groups is 2. The summed E-state index contributed by atoms with van der Waals surface area (Å²) in [5.74, 6) is 2.59. The topological polar surface area (TPSA) is 85.2 Å². The molecule has 1 spiro atoms. The summed E-state index contributed by atoms with van der Waals surface area (Å²) < 4.78 is 7.58. The second kappa shape index (κ2) is 8.80. The highest BCUT2D eigenvalue weighted by atomic mass is 16.5. The van der Waals surface area contributed by atoms with Crippen LogP contribution >= 0.6 is 0 Å². The van der Waals surface area contributed by atoms with Gasteiger partial charge in [0.05, 0.1) is 17.7 Å². The Balaban J connectivity index is 1.52. The van der Waals surface area contributed by atoms with Crippen LogP contribution in [0, 0.1) is 28.6 Å². The lowest BCUT2D eigenvalue weighted by molar-refractivity contribution is -0.127. The monoisotopic (exact) mass is 456 g/mol. The first-order chi connectivity index (χ1) is 15.6. The number of nitrogens with zero attached hydrogens (tertiary/aromatic N) is 2. The summed E-state index contributed by atoms with van der Waals surface area (Å²) in [5.41, 5.74) is 0.0299. The van der Waals surface area contributed by atoms with Crippen LogP contribution in [0.15, 0.2) is 12.3 Å². The molecule has 2 amide bonds. The maximum atomic E-state index is 13.4. The molecule has 2 bridgehead atoms. The molecule has 7 nitrogen and oxygen atoms in total. The van der Waals surface area contributed by atoms with Gasteiger partial charge in [-0.15, -0.1) is 0 Å². The number of ether oxygens (including phenoxy) is 1. The minimum Gasteiger partial charge on any atom is -0.474 e. The van der Waals surface area contributed by atoms with E-state index in [0.717, 1.165) is 24.2 Å². The van der Waals surface area contributed by atoms with Gasteiger partial charge in [-0.05, 0) is 89.9 Å². The number of fused-ring (bicyclic) bond motifs is 1. The molecule has 3 saturated carbocycles. The Morgan fingerprint density at radius 3 is 2.76 bits per heavy atom. The van der Waals surface area contributed by atoms with Crippen molar-refractivity contribution in [3.63, 3.8) is 0 Å². The highest BCUT2D eigenvalue weighted by molar-refractivity contribution is 5.96. The largest absolute Gasteiger partial charge is 0.474 e. The van der Waals surface area contributed by atoms with Gasteiger partial charge in [0.2, 0.25) is 11.8 Å². The van der Waals surface area contributed by atoms with E-state index in [2.05, 4.69) is 22.7 Å². The smallest absolute Gasteiger partial charge is 0.258 e. The van der Waals surface area contributed by atoms with Crippen molar-refractivity contribution < 1.29 is 14.3 Å². The molecular weight excluding hydrogens is 416 g/mol. The fourth-order valence-electron chi connectivity index (χ4n) is 6.53. The maximum absolute atomic E-state index is 13.4. The maximum Gasteiger partial charge on any atom is 0.258 e. The van der Waals surface area contributed by atoms with Crippen LogP contribution < -0.4 is 15.4 Å². The summed E-state index contributed by atoms with van der Waals surface area (Å²) in [6.07, 6.45) is 11.2. The SMILES string of the molecule is CCNC(=O)C(C)(C)/C=C/n1ncc(C(=O)NC2CC3CC4CC(C)CC32C4)c1OC(C)C. The first kappa shape index (κ1) is 23.8. The predicted molar refractivity (Wildman–Crippen MR) is 129 cm³/mol. The fraction of sp³-hybridized carbons (Fsp3) is 0.731. The van der Waals surface area contributed by atoms with Crippen LogP contribution in [0.25, 0.3) is 6.20 Å². The average molecular weight is 457 g/mol. The Morgan fingerprint density at radius 2 is 2.06 bits per heavy atom. The third-order valence-corrected chi connectivity index (χ3v) is 7.98. The minimum atomic E-state index is -0.712. The average Bonchev–Trinajstić information content (AvgIpc) is 3.21. The molecule has 33 heavy (non-hydrogen) atoms. The van der Waals surface area contributed by atoms with Gasteiger partial charge in [-0.2, -0.15) is 5.10 Å². The van der Waals surface area contributed by atoms with Crippen molar-refractivity contribution in [1.82, 2.24) is 20.4 Å². The molecule has 0 saturated heterocycles. The summed E-state index contributed by atoms with van der Waals surface area (Å²) in [6.45, 7) is 12.4. The van der Waals surface area contributed by atoms with E-state index >= 15 is 0 Å². The highest BCUT2D eigenvalue weighted by Crippen LogP contribution is 2.66. The number of nitrogens with one attached hydrogen (secondary N) is 2. The summed E-state index contributed by atoms with van der Waals surface area (Å²) in [7, 11) is 0. The second-order valence-electron chi connectivity index (χ2n) is 11.4. The predicted octanol–water partition coefficient (Wildman–Crippen LogP) is 4.25. The van der Waals surface area contributed by atoms with E-state index in [4.69, 9.17) is 4.74 Å². The fourth-order valence-corrected chi connectivity index (χ4v) is 6.53. The van der Waals surface area contributed by atoms with E-state index in [1.807, 2.05) is 34.6 Å². The lowest BCUT2D eigenvalue weighted by atomic mass is 9.54. The number of rotatable bonds is 8. The third-order valence-electron chi connectivity index (χ3n) is 7.98. The molecular formula is C26H40N4O3. The van der Waals surface area contributed by atoms with Crippen LogP contribution in [0.3, 0.4) is 0 Å². The van der Waals surface area contributed by atoms with Crippen molar-refractivity contribution in [2.24, 2.45) is 28.6 Å². The van der Waals surface area contributed by atoms with Crippen molar-refractivity contribution in [3.05, 3.63) is 17.8 Å². The van der Waals surface area contributed by atoms with Gasteiger partial charge < -0.3 is 15.4 Å². The van der Waals surface area contributed by atoms with Crippen molar-refractivity contribution in [1.29, 1.82) is 0 Å². The first-order valence-corrected chi connectivity index (χ1v) is 12.6. The number of hydrogen-bond acceptors (Lipinski definition) is 4. The van der Waals surface area contributed by atoms with Crippen molar-refractivity contribution in [2.45, 2.75) is 85.8 Å². The molecule has 1 aromatic heterocycles. The number of hydrogen-bond donors (Lipinski definition) is 2. The van der Waals surface area contributed by atoms with Crippen molar-refractivity contribution in [2.75, 3.05) is 6.54 Å². The molecule has 1 heterocycles. The summed E-state index contributed by atoms with van der Waals surface area (Å²) >= 11 is 0. The molecule has 1 aromatic rings. The van der Waals surface area contributed by atoms with E-state index in [9.17, 15) is 9.59 Å². The Kier molecular flexibility index (Phi) is 6.36.